The Morgan fingerprint density at radius 1 is 1.10 bits per heavy atom. The molecule has 0 aliphatic rings. The van der Waals surface area contributed by atoms with Crippen molar-refractivity contribution in [2.45, 2.75) is 12.9 Å². The monoisotopic (exact) mass is 298 g/mol. The zero-order valence-corrected chi connectivity index (χ0v) is 11.1. The summed E-state index contributed by atoms with van der Waals surface area (Å²) in [6.07, 6.45) is -1.69. The summed E-state index contributed by atoms with van der Waals surface area (Å²) in [7, 11) is 1.75. The Morgan fingerprint density at radius 3 is 2.48 bits per heavy atom. The van der Waals surface area contributed by atoms with E-state index in [0.29, 0.717) is 12.3 Å². The number of para-hydroxylation sites is 2. The van der Waals surface area contributed by atoms with Gasteiger partial charge in [0.2, 0.25) is 0 Å². The average molecular weight is 298 g/mol. The van der Waals surface area contributed by atoms with E-state index in [2.05, 4.69) is 15.0 Å². The van der Waals surface area contributed by atoms with E-state index < -0.39 is 12.1 Å². The SMILES string of the molecule is CNCc1cnccc1Oc1ccccc1OC(F)(F)F. The third-order valence-electron chi connectivity index (χ3n) is 2.52. The molecule has 4 nitrogen and oxygen atoms in total. The van der Waals surface area contributed by atoms with Crippen LogP contribution in [0.1, 0.15) is 5.56 Å². The molecule has 1 heterocycles. The lowest BCUT2D eigenvalue weighted by Gasteiger charge is -2.15. The molecule has 0 atom stereocenters. The van der Waals surface area contributed by atoms with Gasteiger partial charge < -0.3 is 14.8 Å². The number of nitrogens with zero attached hydrogens (tertiary/aromatic N) is 1. The third kappa shape index (κ3) is 4.35. The molecule has 1 aromatic carbocycles. The summed E-state index contributed by atoms with van der Waals surface area (Å²) in [5.74, 6) is 0.00757. The molecule has 21 heavy (non-hydrogen) atoms. The summed E-state index contributed by atoms with van der Waals surface area (Å²) in [6, 6.07) is 7.19. The van der Waals surface area contributed by atoms with E-state index in [4.69, 9.17) is 4.74 Å². The van der Waals surface area contributed by atoms with Gasteiger partial charge in [0, 0.05) is 24.5 Å². The highest BCUT2D eigenvalue weighted by molar-refractivity contribution is 5.44. The normalized spacial score (nSPS) is 11.2. The maximum absolute atomic E-state index is 12.4. The first-order valence-corrected chi connectivity index (χ1v) is 6.09. The number of aromatic nitrogens is 1. The number of benzene rings is 1. The van der Waals surface area contributed by atoms with Crippen LogP contribution in [0.4, 0.5) is 13.2 Å². The Hall–Kier alpha value is -2.28. The van der Waals surface area contributed by atoms with Crippen molar-refractivity contribution in [2.24, 2.45) is 0 Å². The lowest BCUT2D eigenvalue weighted by Crippen LogP contribution is -2.17. The highest BCUT2D eigenvalue weighted by Gasteiger charge is 2.32. The summed E-state index contributed by atoms with van der Waals surface area (Å²) in [5.41, 5.74) is 0.724. The number of pyridine rings is 1. The second-order valence-electron chi connectivity index (χ2n) is 4.11. The van der Waals surface area contributed by atoms with Gasteiger partial charge in [0.25, 0.3) is 0 Å². The number of hydrogen-bond acceptors (Lipinski definition) is 4. The summed E-state index contributed by atoms with van der Waals surface area (Å²) >= 11 is 0. The predicted octanol–water partition coefficient (Wildman–Crippen LogP) is 3.49. The average Bonchev–Trinajstić information content (AvgIpc) is 2.42. The molecule has 7 heteroatoms. The number of hydrogen-bond donors (Lipinski definition) is 1. The van der Waals surface area contributed by atoms with Gasteiger partial charge in [-0.15, -0.1) is 13.2 Å². The number of rotatable bonds is 5. The van der Waals surface area contributed by atoms with Crippen molar-refractivity contribution >= 4 is 0 Å². The van der Waals surface area contributed by atoms with E-state index in [1.54, 1.807) is 25.4 Å². The number of halogens is 3. The molecular formula is C14H13F3N2O2. The van der Waals surface area contributed by atoms with E-state index in [1.165, 1.54) is 24.4 Å². The molecule has 2 rings (SSSR count). The van der Waals surface area contributed by atoms with Crippen molar-refractivity contribution in [3.8, 4) is 17.2 Å². The lowest BCUT2D eigenvalue weighted by atomic mass is 10.2. The standard InChI is InChI=1S/C14H13F3N2O2/c1-18-8-10-9-19-7-6-11(10)20-12-4-2-3-5-13(12)21-14(15,16)17/h2-7,9,18H,8H2,1H3. The van der Waals surface area contributed by atoms with Gasteiger partial charge in [-0.05, 0) is 25.2 Å². The van der Waals surface area contributed by atoms with Crippen LogP contribution < -0.4 is 14.8 Å². The Balaban J connectivity index is 2.28. The van der Waals surface area contributed by atoms with Crippen LogP contribution in [0.25, 0.3) is 0 Å². The van der Waals surface area contributed by atoms with E-state index in [0.717, 1.165) is 5.56 Å². The minimum absolute atomic E-state index is 0.0154. The van der Waals surface area contributed by atoms with E-state index in [-0.39, 0.29) is 5.75 Å². The van der Waals surface area contributed by atoms with Crippen LogP contribution in [0, 0.1) is 0 Å². The van der Waals surface area contributed by atoms with E-state index in [9.17, 15) is 13.2 Å². The van der Waals surface area contributed by atoms with Crippen LogP contribution in [-0.4, -0.2) is 18.4 Å². The zero-order valence-electron chi connectivity index (χ0n) is 11.1. The second kappa shape index (κ2) is 6.45. The fraction of sp³-hybridized carbons (Fsp3) is 0.214. The van der Waals surface area contributed by atoms with E-state index in [1.807, 2.05) is 0 Å². The van der Waals surface area contributed by atoms with Gasteiger partial charge >= 0.3 is 6.36 Å². The quantitative estimate of drug-likeness (QED) is 0.917. The fourth-order valence-electron chi connectivity index (χ4n) is 1.70. The molecule has 0 aliphatic carbocycles. The molecule has 1 aromatic heterocycles. The van der Waals surface area contributed by atoms with Gasteiger partial charge in [0.1, 0.15) is 5.75 Å². The van der Waals surface area contributed by atoms with Gasteiger partial charge in [-0.3, -0.25) is 4.98 Å². The van der Waals surface area contributed by atoms with Crippen molar-refractivity contribution in [1.82, 2.24) is 10.3 Å². The molecule has 0 saturated heterocycles. The zero-order chi connectivity index (χ0) is 15.3. The van der Waals surface area contributed by atoms with Gasteiger partial charge in [-0.2, -0.15) is 0 Å². The van der Waals surface area contributed by atoms with Gasteiger partial charge in [0.15, 0.2) is 11.5 Å². The highest BCUT2D eigenvalue weighted by Crippen LogP contribution is 2.35. The molecule has 0 spiro atoms. The van der Waals surface area contributed by atoms with Crippen molar-refractivity contribution in [2.75, 3.05) is 7.05 Å². The Bertz CT molecular complexity index is 603. The first-order valence-electron chi connectivity index (χ1n) is 6.09. The summed E-state index contributed by atoms with van der Waals surface area (Å²) < 4.78 is 46.6. The van der Waals surface area contributed by atoms with Crippen LogP contribution in [0.2, 0.25) is 0 Å². The maximum atomic E-state index is 12.4. The van der Waals surface area contributed by atoms with Crippen molar-refractivity contribution in [3.05, 3.63) is 48.3 Å². The van der Waals surface area contributed by atoms with Gasteiger partial charge in [-0.25, -0.2) is 0 Å². The number of ether oxygens (including phenoxy) is 2. The maximum Gasteiger partial charge on any atom is 0.573 e. The minimum atomic E-state index is -4.77. The molecule has 0 bridgehead atoms. The molecule has 1 N–H and O–H groups in total. The topological polar surface area (TPSA) is 43.4 Å². The third-order valence-corrected chi connectivity index (χ3v) is 2.52. The smallest absolute Gasteiger partial charge is 0.453 e. The second-order valence-corrected chi connectivity index (χ2v) is 4.11. The predicted molar refractivity (Wildman–Crippen MR) is 70.2 cm³/mol. The number of nitrogens with one attached hydrogen (secondary N) is 1. The number of alkyl halides is 3. The first kappa shape index (κ1) is 15.1. The molecule has 0 radical (unpaired) electrons. The minimum Gasteiger partial charge on any atom is -0.453 e. The van der Waals surface area contributed by atoms with Crippen LogP contribution in [0.5, 0.6) is 17.2 Å². The van der Waals surface area contributed by atoms with Crippen molar-refractivity contribution in [1.29, 1.82) is 0 Å². The van der Waals surface area contributed by atoms with Crippen LogP contribution in [-0.2, 0) is 6.54 Å². The molecule has 0 fully saturated rings. The fourth-order valence-corrected chi connectivity index (χ4v) is 1.70. The Morgan fingerprint density at radius 2 is 1.81 bits per heavy atom. The summed E-state index contributed by atoms with van der Waals surface area (Å²) in [4.78, 5) is 3.96. The summed E-state index contributed by atoms with van der Waals surface area (Å²) in [6.45, 7) is 0.478. The Labute approximate surface area is 119 Å². The van der Waals surface area contributed by atoms with Crippen LogP contribution >= 0.6 is 0 Å². The van der Waals surface area contributed by atoms with Gasteiger partial charge in [0.05, 0.1) is 0 Å². The first-order chi connectivity index (χ1) is 9.99. The van der Waals surface area contributed by atoms with Crippen molar-refractivity contribution < 1.29 is 22.6 Å². The molecule has 112 valence electrons. The Kier molecular flexibility index (Phi) is 4.64. The van der Waals surface area contributed by atoms with Crippen LogP contribution in [0.3, 0.4) is 0 Å². The molecule has 0 unspecified atom stereocenters. The van der Waals surface area contributed by atoms with Gasteiger partial charge in [-0.1, -0.05) is 12.1 Å². The highest BCUT2D eigenvalue weighted by atomic mass is 19.4. The lowest BCUT2D eigenvalue weighted by molar-refractivity contribution is -0.275. The van der Waals surface area contributed by atoms with Crippen LogP contribution in [0.15, 0.2) is 42.7 Å². The summed E-state index contributed by atoms with van der Waals surface area (Å²) in [5, 5.41) is 2.93. The molecule has 0 amide bonds. The molecule has 0 aliphatic heterocycles. The largest absolute Gasteiger partial charge is 0.573 e. The van der Waals surface area contributed by atoms with Crippen molar-refractivity contribution in [3.63, 3.8) is 0 Å². The molecule has 2 aromatic rings. The molecular weight excluding hydrogens is 285 g/mol. The van der Waals surface area contributed by atoms with E-state index >= 15 is 0 Å². The molecule has 0 saturated carbocycles.